The number of aromatic nitrogens is 3. The fourth-order valence-electron chi connectivity index (χ4n) is 4.36. The third-order valence-electron chi connectivity index (χ3n) is 6.46. The maximum absolute atomic E-state index is 6.29. The quantitative estimate of drug-likeness (QED) is 0.214. The van der Waals surface area contributed by atoms with Gasteiger partial charge in [-0.25, -0.2) is 4.98 Å². The SMILES string of the molecule is CCN(CC)CCCC(C)Nc1nc(NCc2c[nH]c3ccc(OC)cc23)nc2cc(Cl)ccc12. The van der Waals surface area contributed by atoms with Crippen molar-refractivity contribution in [3.05, 3.63) is 53.2 Å². The number of halogens is 1. The van der Waals surface area contributed by atoms with Gasteiger partial charge in [0.1, 0.15) is 11.6 Å². The van der Waals surface area contributed by atoms with Crippen molar-refractivity contribution in [1.82, 2.24) is 19.9 Å². The summed E-state index contributed by atoms with van der Waals surface area (Å²) in [4.78, 5) is 15.3. The number of aromatic amines is 1. The fourth-order valence-corrected chi connectivity index (χ4v) is 4.53. The van der Waals surface area contributed by atoms with Gasteiger partial charge in [-0.15, -0.1) is 0 Å². The molecule has 0 aliphatic heterocycles. The number of rotatable bonds is 12. The van der Waals surface area contributed by atoms with E-state index in [9.17, 15) is 0 Å². The van der Waals surface area contributed by atoms with Crippen LogP contribution in [0.4, 0.5) is 11.8 Å². The van der Waals surface area contributed by atoms with Crippen LogP contribution in [0.5, 0.6) is 5.75 Å². The summed E-state index contributed by atoms with van der Waals surface area (Å²) in [5.74, 6) is 2.22. The first-order valence-electron chi connectivity index (χ1n) is 12.3. The Bertz CT molecular complexity index is 1270. The third-order valence-corrected chi connectivity index (χ3v) is 6.69. The van der Waals surface area contributed by atoms with Gasteiger partial charge in [0.15, 0.2) is 0 Å². The number of nitrogens with one attached hydrogen (secondary N) is 3. The molecule has 0 aliphatic rings. The third kappa shape index (κ3) is 6.16. The van der Waals surface area contributed by atoms with Crippen molar-refractivity contribution in [2.24, 2.45) is 0 Å². The van der Waals surface area contributed by atoms with Gasteiger partial charge < -0.3 is 25.3 Å². The maximum atomic E-state index is 6.29. The van der Waals surface area contributed by atoms with E-state index in [-0.39, 0.29) is 6.04 Å². The molecule has 4 rings (SSSR count). The van der Waals surface area contributed by atoms with Crippen LogP contribution in [0.1, 0.15) is 39.2 Å². The van der Waals surface area contributed by atoms with Crippen molar-refractivity contribution >= 4 is 45.2 Å². The lowest BCUT2D eigenvalue weighted by molar-refractivity contribution is 0.295. The summed E-state index contributed by atoms with van der Waals surface area (Å²) in [5.41, 5.74) is 3.00. The van der Waals surface area contributed by atoms with Crippen molar-refractivity contribution < 1.29 is 4.74 Å². The highest BCUT2D eigenvalue weighted by Gasteiger charge is 2.13. The van der Waals surface area contributed by atoms with E-state index in [1.807, 2.05) is 42.6 Å². The highest BCUT2D eigenvalue weighted by molar-refractivity contribution is 6.31. The molecule has 0 radical (unpaired) electrons. The van der Waals surface area contributed by atoms with Gasteiger partial charge in [-0.3, -0.25) is 0 Å². The molecule has 0 saturated carbocycles. The fraction of sp³-hybridized carbons (Fsp3) is 0.407. The van der Waals surface area contributed by atoms with Gasteiger partial charge in [-0.05, 0) is 81.4 Å². The number of H-pyrrole nitrogens is 1. The van der Waals surface area contributed by atoms with Crippen LogP contribution in [0.2, 0.25) is 5.02 Å². The van der Waals surface area contributed by atoms with Crippen LogP contribution in [0.3, 0.4) is 0 Å². The maximum Gasteiger partial charge on any atom is 0.225 e. The van der Waals surface area contributed by atoms with Crippen molar-refractivity contribution in [3.63, 3.8) is 0 Å². The molecule has 1 atom stereocenters. The average molecular weight is 495 g/mol. The van der Waals surface area contributed by atoms with E-state index in [1.54, 1.807) is 7.11 Å². The Hall–Kier alpha value is -3.03. The molecular weight excluding hydrogens is 460 g/mol. The van der Waals surface area contributed by atoms with Crippen LogP contribution in [0.25, 0.3) is 21.8 Å². The van der Waals surface area contributed by atoms with E-state index in [2.05, 4.69) is 41.3 Å². The molecular formula is C27H35ClN6O. The number of hydrogen-bond acceptors (Lipinski definition) is 6. The Kier molecular flexibility index (Phi) is 8.31. The molecule has 0 bridgehead atoms. The van der Waals surface area contributed by atoms with Crippen LogP contribution in [-0.2, 0) is 6.54 Å². The summed E-state index contributed by atoms with van der Waals surface area (Å²) in [5, 5.41) is 9.75. The van der Waals surface area contributed by atoms with E-state index in [0.29, 0.717) is 17.5 Å². The largest absolute Gasteiger partial charge is 0.497 e. The molecule has 0 spiro atoms. The molecule has 1 unspecified atom stereocenters. The minimum Gasteiger partial charge on any atom is -0.497 e. The van der Waals surface area contributed by atoms with Gasteiger partial charge in [-0.2, -0.15) is 4.98 Å². The van der Waals surface area contributed by atoms with Crippen molar-refractivity contribution in [1.29, 1.82) is 0 Å². The number of methoxy groups -OCH3 is 1. The lowest BCUT2D eigenvalue weighted by atomic mass is 10.1. The van der Waals surface area contributed by atoms with E-state index < -0.39 is 0 Å². The second kappa shape index (κ2) is 11.6. The summed E-state index contributed by atoms with van der Waals surface area (Å²) in [6.07, 6.45) is 4.21. The van der Waals surface area contributed by atoms with Gasteiger partial charge in [-0.1, -0.05) is 25.4 Å². The Labute approximate surface area is 212 Å². The first-order chi connectivity index (χ1) is 17.0. The second-order valence-corrected chi connectivity index (χ2v) is 9.29. The van der Waals surface area contributed by atoms with Gasteiger partial charge >= 0.3 is 0 Å². The van der Waals surface area contributed by atoms with Gasteiger partial charge in [0, 0.05) is 40.1 Å². The highest BCUT2D eigenvalue weighted by Crippen LogP contribution is 2.27. The number of benzene rings is 2. The second-order valence-electron chi connectivity index (χ2n) is 8.85. The molecule has 0 saturated heterocycles. The molecule has 0 aliphatic carbocycles. The zero-order valence-electron chi connectivity index (χ0n) is 21.0. The van der Waals surface area contributed by atoms with Gasteiger partial charge in [0.2, 0.25) is 5.95 Å². The van der Waals surface area contributed by atoms with Crippen LogP contribution < -0.4 is 15.4 Å². The minimum absolute atomic E-state index is 0.285. The summed E-state index contributed by atoms with van der Waals surface area (Å²) in [6.45, 7) is 10.5. The molecule has 2 aromatic heterocycles. The molecule has 7 nitrogen and oxygen atoms in total. The van der Waals surface area contributed by atoms with Crippen molar-refractivity contribution in [3.8, 4) is 5.75 Å². The van der Waals surface area contributed by atoms with Crippen LogP contribution in [-0.4, -0.2) is 52.6 Å². The van der Waals surface area contributed by atoms with Crippen LogP contribution >= 0.6 is 11.6 Å². The normalized spacial score (nSPS) is 12.4. The molecule has 186 valence electrons. The lowest BCUT2D eigenvalue weighted by Crippen LogP contribution is -2.25. The topological polar surface area (TPSA) is 78.1 Å². The predicted molar refractivity (Wildman–Crippen MR) is 147 cm³/mol. The van der Waals surface area contributed by atoms with E-state index in [0.717, 1.165) is 71.4 Å². The summed E-state index contributed by atoms with van der Waals surface area (Å²) in [6, 6.07) is 12.1. The number of anilines is 2. The molecule has 35 heavy (non-hydrogen) atoms. The first-order valence-corrected chi connectivity index (χ1v) is 12.7. The number of nitrogens with zero attached hydrogens (tertiary/aromatic N) is 3. The summed E-state index contributed by atoms with van der Waals surface area (Å²) >= 11 is 6.29. The summed E-state index contributed by atoms with van der Waals surface area (Å²) in [7, 11) is 1.68. The van der Waals surface area contributed by atoms with E-state index in [4.69, 9.17) is 26.3 Å². The number of fused-ring (bicyclic) bond motifs is 2. The monoisotopic (exact) mass is 494 g/mol. The number of ether oxygens (including phenoxy) is 1. The molecule has 4 aromatic rings. The van der Waals surface area contributed by atoms with Gasteiger partial charge in [0.05, 0.1) is 12.6 Å². The van der Waals surface area contributed by atoms with Crippen molar-refractivity contribution in [2.75, 3.05) is 37.4 Å². The van der Waals surface area contributed by atoms with Crippen molar-refractivity contribution in [2.45, 2.75) is 46.2 Å². The first kappa shape index (κ1) is 25.1. The van der Waals surface area contributed by atoms with E-state index >= 15 is 0 Å². The van der Waals surface area contributed by atoms with Gasteiger partial charge in [0.25, 0.3) is 0 Å². The van der Waals surface area contributed by atoms with Crippen LogP contribution in [0, 0.1) is 0 Å². The standard InChI is InChI=1S/C27H35ClN6O/c1-5-34(6-2)13-7-8-18(3)31-26-22-11-9-20(28)14-25(22)32-27(33-26)30-17-19-16-29-24-12-10-21(35-4)15-23(19)24/h9-12,14-16,18,29H,5-8,13,17H2,1-4H3,(H2,30,31,32,33). The Balaban J connectivity index is 1.52. The molecule has 0 amide bonds. The zero-order chi connectivity index (χ0) is 24.8. The van der Waals surface area contributed by atoms with E-state index in [1.165, 1.54) is 0 Å². The average Bonchev–Trinajstić information content (AvgIpc) is 3.27. The summed E-state index contributed by atoms with van der Waals surface area (Å²) < 4.78 is 5.39. The zero-order valence-corrected chi connectivity index (χ0v) is 21.7. The molecule has 0 fully saturated rings. The number of hydrogen-bond donors (Lipinski definition) is 3. The molecule has 3 N–H and O–H groups in total. The molecule has 8 heteroatoms. The highest BCUT2D eigenvalue weighted by atomic mass is 35.5. The Morgan fingerprint density at radius 2 is 1.91 bits per heavy atom. The predicted octanol–water partition coefficient (Wildman–Crippen LogP) is 6.31. The Morgan fingerprint density at radius 3 is 2.69 bits per heavy atom. The van der Waals surface area contributed by atoms with Crippen LogP contribution in [0.15, 0.2) is 42.6 Å². The Morgan fingerprint density at radius 1 is 1.09 bits per heavy atom. The molecule has 2 heterocycles. The minimum atomic E-state index is 0.285. The molecule has 2 aromatic carbocycles. The lowest BCUT2D eigenvalue weighted by Gasteiger charge is -2.20. The smallest absolute Gasteiger partial charge is 0.225 e.